The first-order valence-corrected chi connectivity index (χ1v) is 6.58. The highest BCUT2D eigenvalue weighted by atomic mass is 32.1. The van der Waals surface area contributed by atoms with Crippen LogP contribution < -0.4 is 0 Å². The first kappa shape index (κ1) is 10.5. The molecule has 2 aromatic rings. The Bertz CT molecular complexity index is 504. The lowest BCUT2D eigenvalue weighted by atomic mass is 10.1. The maximum Gasteiger partial charge on any atom is 0.226 e. The summed E-state index contributed by atoms with van der Waals surface area (Å²) >= 11 is 1.67. The Kier molecular flexibility index (Phi) is 2.92. The van der Waals surface area contributed by atoms with E-state index in [-0.39, 0.29) is 6.04 Å². The van der Waals surface area contributed by atoms with Crippen LogP contribution in [0.3, 0.4) is 0 Å². The van der Waals surface area contributed by atoms with Gasteiger partial charge in [-0.25, -0.2) is 4.99 Å². The third-order valence-corrected chi connectivity index (χ3v) is 3.62. The molecule has 0 aliphatic carbocycles. The zero-order valence-electron chi connectivity index (χ0n) is 9.37. The van der Waals surface area contributed by atoms with Gasteiger partial charge in [0.1, 0.15) is 6.61 Å². The van der Waals surface area contributed by atoms with Crippen LogP contribution in [0.5, 0.6) is 0 Å². The zero-order chi connectivity index (χ0) is 11.5. The van der Waals surface area contributed by atoms with Crippen LogP contribution in [0.1, 0.15) is 10.4 Å². The SMILES string of the molecule is c1ccc(C[C@H]2COC(c3cccs3)=N2)cc1. The van der Waals surface area contributed by atoms with Gasteiger partial charge in [-0.3, -0.25) is 0 Å². The Hall–Kier alpha value is -1.61. The zero-order valence-corrected chi connectivity index (χ0v) is 10.2. The minimum atomic E-state index is 0.259. The molecule has 1 aromatic heterocycles. The van der Waals surface area contributed by atoms with E-state index in [4.69, 9.17) is 4.74 Å². The van der Waals surface area contributed by atoms with Gasteiger partial charge in [0.25, 0.3) is 0 Å². The summed E-state index contributed by atoms with van der Waals surface area (Å²) in [7, 11) is 0. The fourth-order valence-corrected chi connectivity index (χ4v) is 2.61. The highest BCUT2D eigenvalue weighted by molar-refractivity contribution is 7.12. The number of aliphatic imine (C=N–C) groups is 1. The van der Waals surface area contributed by atoms with Gasteiger partial charge in [0, 0.05) is 0 Å². The molecular weight excluding hydrogens is 230 g/mol. The van der Waals surface area contributed by atoms with Crippen molar-refractivity contribution in [3.8, 4) is 0 Å². The van der Waals surface area contributed by atoms with Crippen LogP contribution in [-0.2, 0) is 11.2 Å². The second-order valence-electron chi connectivity index (χ2n) is 4.07. The van der Waals surface area contributed by atoms with Crippen LogP contribution >= 0.6 is 11.3 Å². The van der Waals surface area contributed by atoms with Crippen molar-refractivity contribution in [1.29, 1.82) is 0 Å². The van der Waals surface area contributed by atoms with E-state index in [1.54, 1.807) is 11.3 Å². The van der Waals surface area contributed by atoms with Crippen molar-refractivity contribution in [2.24, 2.45) is 4.99 Å². The van der Waals surface area contributed by atoms with Gasteiger partial charge >= 0.3 is 0 Å². The number of benzene rings is 1. The quantitative estimate of drug-likeness (QED) is 0.811. The van der Waals surface area contributed by atoms with E-state index in [0.717, 1.165) is 17.2 Å². The predicted octanol–water partition coefficient (Wildman–Crippen LogP) is 3.14. The molecule has 0 unspecified atom stereocenters. The summed E-state index contributed by atoms with van der Waals surface area (Å²) in [6, 6.07) is 14.8. The van der Waals surface area contributed by atoms with Crippen LogP contribution in [0, 0.1) is 0 Å². The molecule has 3 rings (SSSR count). The summed E-state index contributed by atoms with van der Waals surface area (Å²) in [6.45, 7) is 0.697. The Morgan fingerprint density at radius 1 is 1.18 bits per heavy atom. The molecule has 86 valence electrons. The van der Waals surface area contributed by atoms with Gasteiger partial charge in [-0.05, 0) is 23.4 Å². The lowest BCUT2D eigenvalue weighted by molar-refractivity contribution is 0.317. The van der Waals surface area contributed by atoms with Crippen molar-refractivity contribution < 1.29 is 4.74 Å². The van der Waals surface area contributed by atoms with Crippen molar-refractivity contribution >= 4 is 17.2 Å². The molecule has 1 aromatic carbocycles. The molecule has 3 heteroatoms. The second kappa shape index (κ2) is 4.72. The maximum absolute atomic E-state index is 5.64. The summed E-state index contributed by atoms with van der Waals surface area (Å²) < 4.78 is 5.64. The van der Waals surface area contributed by atoms with Crippen molar-refractivity contribution in [1.82, 2.24) is 0 Å². The lowest BCUT2D eigenvalue weighted by Crippen LogP contribution is -2.09. The molecule has 1 aliphatic heterocycles. The van der Waals surface area contributed by atoms with Crippen molar-refractivity contribution in [2.75, 3.05) is 6.61 Å². The summed E-state index contributed by atoms with van der Waals surface area (Å²) in [5.41, 5.74) is 1.32. The molecule has 17 heavy (non-hydrogen) atoms. The highest BCUT2D eigenvalue weighted by Gasteiger charge is 2.20. The molecular formula is C14H13NOS. The van der Waals surface area contributed by atoms with Gasteiger partial charge in [-0.1, -0.05) is 36.4 Å². The van der Waals surface area contributed by atoms with Crippen LogP contribution in [0.15, 0.2) is 52.8 Å². The fraction of sp³-hybridized carbons (Fsp3) is 0.214. The van der Waals surface area contributed by atoms with Crippen molar-refractivity contribution in [2.45, 2.75) is 12.5 Å². The van der Waals surface area contributed by atoms with Crippen LogP contribution in [0.2, 0.25) is 0 Å². The van der Waals surface area contributed by atoms with E-state index in [2.05, 4.69) is 29.3 Å². The standard InChI is InChI=1S/C14H13NOS/c1-2-5-11(6-3-1)9-12-10-16-14(15-12)13-7-4-8-17-13/h1-8,12H,9-10H2/t12-/m0/s1. The number of nitrogens with zero attached hydrogens (tertiary/aromatic N) is 1. The van der Waals surface area contributed by atoms with E-state index in [1.165, 1.54) is 5.56 Å². The van der Waals surface area contributed by atoms with Crippen molar-refractivity contribution in [3.63, 3.8) is 0 Å². The summed E-state index contributed by atoms with van der Waals surface area (Å²) in [6.07, 6.45) is 0.954. The van der Waals surface area contributed by atoms with Gasteiger partial charge < -0.3 is 4.74 Å². The first-order chi connectivity index (χ1) is 8.42. The fourth-order valence-electron chi connectivity index (χ4n) is 1.94. The molecule has 0 saturated carbocycles. The van der Waals surface area contributed by atoms with Crippen LogP contribution in [0.4, 0.5) is 0 Å². The molecule has 0 fully saturated rings. The second-order valence-corrected chi connectivity index (χ2v) is 5.01. The summed E-state index contributed by atoms with van der Waals surface area (Å²) in [5, 5.41) is 2.05. The minimum absolute atomic E-state index is 0.259. The number of hydrogen-bond acceptors (Lipinski definition) is 3. The molecule has 0 bridgehead atoms. The van der Waals surface area contributed by atoms with Gasteiger partial charge in [0.05, 0.1) is 10.9 Å². The number of rotatable bonds is 3. The van der Waals surface area contributed by atoms with Crippen molar-refractivity contribution in [3.05, 3.63) is 58.3 Å². The minimum Gasteiger partial charge on any atom is -0.475 e. The van der Waals surface area contributed by atoms with E-state index in [0.29, 0.717) is 6.61 Å². The third-order valence-electron chi connectivity index (χ3n) is 2.76. The van der Waals surface area contributed by atoms with Crippen LogP contribution in [-0.4, -0.2) is 18.5 Å². The average Bonchev–Trinajstić information content (AvgIpc) is 3.00. The molecule has 2 nitrogen and oxygen atoms in total. The normalized spacial score (nSPS) is 18.8. The monoisotopic (exact) mass is 243 g/mol. The third kappa shape index (κ3) is 2.39. The lowest BCUT2D eigenvalue weighted by Gasteiger charge is -2.03. The maximum atomic E-state index is 5.64. The molecule has 0 saturated heterocycles. The number of thiophene rings is 1. The van der Waals surface area contributed by atoms with E-state index in [9.17, 15) is 0 Å². The predicted molar refractivity (Wildman–Crippen MR) is 70.7 cm³/mol. The van der Waals surface area contributed by atoms with E-state index in [1.807, 2.05) is 23.6 Å². The molecule has 0 N–H and O–H groups in total. The largest absolute Gasteiger partial charge is 0.475 e. The average molecular weight is 243 g/mol. The smallest absolute Gasteiger partial charge is 0.226 e. The molecule has 0 radical (unpaired) electrons. The van der Waals surface area contributed by atoms with Gasteiger partial charge in [0.15, 0.2) is 0 Å². The first-order valence-electron chi connectivity index (χ1n) is 5.70. The topological polar surface area (TPSA) is 21.6 Å². The molecule has 2 heterocycles. The Morgan fingerprint density at radius 3 is 2.82 bits per heavy atom. The van der Waals surface area contributed by atoms with Gasteiger partial charge in [-0.15, -0.1) is 11.3 Å². The number of ether oxygens (including phenoxy) is 1. The van der Waals surface area contributed by atoms with E-state index >= 15 is 0 Å². The molecule has 0 spiro atoms. The van der Waals surface area contributed by atoms with Gasteiger partial charge in [0.2, 0.25) is 5.90 Å². The molecule has 1 atom stereocenters. The molecule has 1 aliphatic rings. The Balaban J connectivity index is 1.71. The Morgan fingerprint density at radius 2 is 2.06 bits per heavy atom. The Labute approximate surface area is 105 Å². The highest BCUT2D eigenvalue weighted by Crippen LogP contribution is 2.18. The van der Waals surface area contributed by atoms with E-state index < -0.39 is 0 Å². The molecule has 0 amide bonds. The number of hydrogen-bond donors (Lipinski definition) is 0. The van der Waals surface area contributed by atoms with Crippen LogP contribution in [0.25, 0.3) is 0 Å². The van der Waals surface area contributed by atoms with Gasteiger partial charge in [-0.2, -0.15) is 0 Å². The summed E-state index contributed by atoms with van der Waals surface area (Å²) in [5.74, 6) is 0.806. The summed E-state index contributed by atoms with van der Waals surface area (Å²) in [4.78, 5) is 5.76.